The number of methoxy groups -OCH3 is 1. The molecule has 0 fully saturated rings. The van der Waals surface area contributed by atoms with E-state index in [2.05, 4.69) is 6.92 Å². The van der Waals surface area contributed by atoms with Crippen LogP contribution < -0.4 is 0 Å². The van der Waals surface area contributed by atoms with Gasteiger partial charge in [0.15, 0.2) is 0 Å². The number of rotatable bonds is 4. The quantitative estimate of drug-likeness (QED) is 0.797. The molecule has 0 saturated heterocycles. The van der Waals surface area contributed by atoms with Crippen molar-refractivity contribution < 1.29 is 14.6 Å². The molecule has 1 aromatic rings. The SMILES string of the molecule is CCCCc1c(O)ccc(C(=O)OC)c1C. The first-order valence-corrected chi connectivity index (χ1v) is 5.51. The van der Waals surface area contributed by atoms with Crippen LogP contribution in [0.15, 0.2) is 12.1 Å². The van der Waals surface area contributed by atoms with Crippen molar-refractivity contribution in [1.82, 2.24) is 0 Å². The molecule has 0 aliphatic heterocycles. The van der Waals surface area contributed by atoms with Crippen molar-refractivity contribution in [3.05, 3.63) is 28.8 Å². The summed E-state index contributed by atoms with van der Waals surface area (Å²) in [5.41, 5.74) is 2.21. The molecule has 0 aliphatic rings. The molecular weight excluding hydrogens is 204 g/mol. The van der Waals surface area contributed by atoms with Gasteiger partial charge in [0, 0.05) is 0 Å². The third kappa shape index (κ3) is 2.54. The van der Waals surface area contributed by atoms with Crippen LogP contribution in [0.5, 0.6) is 5.75 Å². The van der Waals surface area contributed by atoms with E-state index in [4.69, 9.17) is 4.74 Å². The van der Waals surface area contributed by atoms with Crippen LogP contribution in [0, 0.1) is 6.92 Å². The Morgan fingerprint density at radius 3 is 2.69 bits per heavy atom. The summed E-state index contributed by atoms with van der Waals surface area (Å²) in [5.74, 6) is -0.0890. The lowest BCUT2D eigenvalue weighted by Gasteiger charge is -2.11. The van der Waals surface area contributed by atoms with E-state index in [0.29, 0.717) is 5.56 Å². The number of esters is 1. The van der Waals surface area contributed by atoms with Crippen LogP contribution in [-0.2, 0) is 11.2 Å². The molecule has 0 amide bonds. The van der Waals surface area contributed by atoms with Crippen LogP contribution in [0.25, 0.3) is 0 Å². The molecule has 0 spiro atoms. The number of phenolic OH excluding ortho intramolecular Hbond substituents is 1. The number of hydrogen-bond acceptors (Lipinski definition) is 3. The zero-order valence-corrected chi connectivity index (χ0v) is 10.0. The molecule has 0 unspecified atom stereocenters. The number of hydrogen-bond donors (Lipinski definition) is 1. The standard InChI is InChI=1S/C13H18O3/c1-4-5-6-10-9(2)11(13(15)16-3)7-8-12(10)14/h7-8,14H,4-6H2,1-3H3. The van der Waals surface area contributed by atoms with Crippen LogP contribution in [-0.4, -0.2) is 18.2 Å². The number of benzene rings is 1. The van der Waals surface area contributed by atoms with Crippen LogP contribution in [0.3, 0.4) is 0 Å². The fraction of sp³-hybridized carbons (Fsp3) is 0.462. The van der Waals surface area contributed by atoms with E-state index >= 15 is 0 Å². The van der Waals surface area contributed by atoms with Crippen molar-refractivity contribution in [2.75, 3.05) is 7.11 Å². The fourth-order valence-corrected chi connectivity index (χ4v) is 1.74. The summed E-state index contributed by atoms with van der Waals surface area (Å²) in [6.45, 7) is 3.94. The third-order valence-electron chi connectivity index (χ3n) is 2.76. The number of aromatic hydroxyl groups is 1. The molecule has 88 valence electrons. The predicted molar refractivity (Wildman–Crippen MR) is 62.8 cm³/mol. The second-order valence-electron chi connectivity index (χ2n) is 3.83. The zero-order valence-electron chi connectivity index (χ0n) is 10.0. The largest absolute Gasteiger partial charge is 0.508 e. The Kier molecular flexibility index (Phi) is 4.35. The highest BCUT2D eigenvalue weighted by Gasteiger charge is 2.14. The number of carbonyl (C=O) groups is 1. The van der Waals surface area contributed by atoms with Gasteiger partial charge >= 0.3 is 5.97 Å². The molecule has 0 radical (unpaired) electrons. The minimum absolute atomic E-state index is 0.263. The summed E-state index contributed by atoms with van der Waals surface area (Å²) in [4.78, 5) is 11.5. The Hall–Kier alpha value is -1.51. The second kappa shape index (κ2) is 5.54. The van der Waals surface area contributed by atoms with Gasteiger partial charge in [-0.25, -0.2) is 4.79 Å². The minimum Gasteiger partial charge on any atom is -0.508 e. The molecule has 0 bridgehead atoms. The molecule has 1 aromatic carbocycles. The highest BCUT2D eigenvalue weighted by atomic mass is 16.5. The first-order chi connectivity index (χ1) is 7.61. The summed E-state index contributed by atoms with van der Waals surface area (Å²) < 4.78 is 4.70. The molecule has 0 saturated carbocycles. The molecule has 0 heterocycles. The lowest BCUT2D eigenvalue weighted by Crippen LogP contribution is -2.06. The van der Waals surface area contributed by atoms with Crippen LogP contribution in [0.4, 0.5) is 0 Å². The molecular formula is C13H18O3. The summed E-state index contributed by atoms with van der Waals surface area (Å²) in [6, 6.07) is 3.16. The van der Waals surface area contributed by atoms with Crippen LogP contribution >= 0.6 is 0 Å². The maximum absolute atomic E-state index is 11.5. The summed E-state index contributed by atoms with van der Waals surface area (Å²) in [7, 11) is 1.36. The van der Waals surface area contributed by atoms with Gasteiger partial charge in [-0.2, -0.15) is 0 Å². The second-order valence-corrected chi connectivity index (χ2v) is 3.83. The van der Waals surface area contributed by atoms with Gasteiger partial charge in [0.1, 0.15) is 5.75 Å². The summed E-state index contributed by atoms with van der Waals surface area (Å²) in [6.07, 6.45) is 2.85. The average Bonchev–Trinajstić information content (AvgIpc) is 2.28. The molecule has 0 atom stereocenters. The van der Waals surface area contributed by atoms with Gasteiger partial charge in [0.05, 0.1) is 12.7 Å². The summed E-state index contributed by atoms with van der Waals surface area (Å²) >= 11 is 0. The van der Waals surface area contributed by atoms with Gasteiger partial charge in [-0.15, -0.1) is 0 Å². The van der Waals surface area contributed by atoms with E-state index in [1.54, 1.807) is 12.1 Å². The van der Waals surface area contributed by atoms with E-state index in [0.717, 1.165) is 30.4 Å². The molecule has 16 heavy (non-hydrogen) atoms. The highest BCUT2D eigenvalue weighted by Crippen LogP contribution is 2.26. The topological polar surface area (TPSA) is 46.5 Å². The van der Waals surface area contributed by atoms with Gasteiger partial charge in [-0.1, -0.05) is 13.3 Å². The Bertz CT molecular complexity index is 383. The van der Waals surface area contributed by atoms with Crippen LogP contribution in [0.1, 0.15) is 41.3 Å². The van der Waals surface area contributed by atoms with Crippen molar-refractivity contribution in [2.24, 2.45) is 0 Å². The van der Waals surface area contributed by atoms with E-state index in [9.17, 15) is 9.90 Å². The first kappa shape index (κ1) is 12.6. The minimum atomic E-state index is -0.352. The first-order valence-electron chi connectivity index (χ1n) is 5.51. The monoisotopic (exact) mass is 222 g/mol. The highest BCUT2D eigenvalue weighted by molar-refractivity contribution is 5.91. The van der Waals surface area contributed by atoms with Gasteiger partial charge in [0.2, 0.25) is 0 Å². The Morgan fingerprint density at radius 1 is 1.44 bits per heavy atom. The maximum Gasteiger partial charge on any atom is 0.338 e. The molecule has 1 rings (SSSR count). The number of ether oxygens (including phenoxy) is 1. The van der Waals surface area contributed by atoms with Crippen molar-refractivity contribution in [2.45, 2.75) is 33.1 Å². The number of unbranched alkanes of at least 4 members (excludes halogenated alkanes) is 1. The lowest BCUT2D eigenvalue weighted by molar-refractivity contribution is 0.0599. The molecule has 3 nitrogen and oxygen atoms in total. The average molecular weight is 222 g/mol. The molecule has 1 N–H and O–H groups in total. The van der Waals surface area contributed by atoms with Gasteiger partial charge in [0.25, 0.3) is 0 Å². The zero-order chi connectivity index (χ0) is 12.1. The van der Waals surface area contributed by atoms with E-state index in [-0.39, 0.29) is 11.7 Å². The number of phenols is 1. The Morgan fingerprint density at radius 2 is 2.12 bits per heavy atom. The smallest absolute Gasteiger partial charge is 0.338 e. The maximum atomic E-state index is 11.5. The van der Waals surface area contributed by atoms with E-state index < -0.39 is 0 Å². The Balaban J connectivity index is 3.11. The van der Waals surface area contributed by atoms with Gasteiger partial charge in [-0.3, -0.25) is 0 Å². The lowest BCUT2D eigenvalue weighted by atomic mass is 9.97. The molecule has 3 heteroatoms. The predicted octanol–water partition coefficient (Wildman–Crippen LogP) is 2.83. The van der Waals surface area contributed by atoms with Gasteiger partial charge < -0.3 is 9.84 Å². The van der Waals surface area contributed by atoms with Crippen molar-refractivity contribution in [3.8, 4) is 5.75 Å². The van der Waals surface area contributed by atoms with E-state index in [1.165, 1.54) is 7.11 Å². The van der Waals surface area contributed by atoms with Crippen molar-refractivity contribution in [1.29, 1.82) is 0 Å². The molecule has 0 aromatic heterocycles. The fourth-order valence-electron chi connectivity index (χ4n) is 1.74. The van der Waals surface area contributed by atoms with Crippen molar-refractivity contribution >= 4 is 5.97 Å². The normalized spacial score (nSPS) is 10.2. The number of carbonyl (C=O) groups excluding carboxylic acids is 1. The Labute approximate surface area is 96.1 Å². The van der Waals surface area contributed by atoms with E-state index in [1.807, 2.05) is 6.92 Å². The molecule has 0 aliphatic carbocycles. The third-order valence-corrected chi connectivity index (χ3v) is 2.76. The van der Waals surface area contributed by atoms with Gasteiger partial charge in [-0.05, 0) is 43.0 Å². The summed E-state index contributed by atoms with van der Waals surface area (Å²) in [5, 5.41) is 9.74. The van der Waals surface area contributed by atoms with Crippen molar-refractivity contribution in [3.63, 3.8) is 0 Å². The van der Waals surface area contributed by atoms with Crippen LogP contribution in [0.2, 0.25) is 0 Å².